The molecule has 1 aromatic rings. The molecular formula is C10H13BrN2S. The summed E-state index contributed by atoms with van der Waals surface area (Å²) in [6.07, 6.45) is 0. The fourth-order valence-electron chi connectivity index (χ4n) is 1.41. The smallest absolute Gasteiger partial charge is 0.0241 e. The van der Waals surface area contributed by atoms with Gasteiger partial charge in [-0.1, -0.05) is 22.0 Å². The number of halogens is 1. The summed E-state index contributed by atoms with van der Waals surface area (Å²) in [5.74, 6) is 0. The first kappa shape index (κ1) is 10.5. The highest BCUT2D eigenvalue weighted by atomic mass is 79.9. The van der Waals surface area contributed by atoms with Crippen molar-refractivity contribution >= 4 is 27.9 Å². The van der Waals surface area contributed by atoms with E-state index in [9.17, 15) is 0 Å². The van der Waals surface area contributed by atoms with Crippen molar-refractivity contribution in [3.63, 3.8) is 0 Å². The van der Waals surface area contributed by atoms with Gasteiger partial charge in [0.1, 0.15) is 0 Å². The summed E-state index contributed by atoms with van der Waals surface area (Å²) in [6.45, 7) is 4.44. The quantitative estimate of drug-likeness (QED) is 0.833. The molecule has 0 unspecified atom stereocenters. The Morgan fingerprint density at radius 2 is 2.07 bits per heavy atom. The van der Waals surface area contributed by atoms with Gasteiger partial charge in [-0.25, -0.2) is 4.31 Å². The van der Waals surface area contributed by atoms with Crippen LogP contribution in [-0.2, 0) is 0 Å². The van der Waals surface area contributed by atoms with Crippen LogP contribution in [0, 0.1) is 0 Å². The molecule has 4 heteroatoms. The largest absolute Gasteiger partial charge is 0.314 e. The highest BCUT2D eigenvalue weighted by Gasteiger charge is 2.10. The van der Waals surface area contributed by atoms with E-state index < -0.39 is 0 Å². The minimum absolute atomic E-state index is 1.10. The molecule has 1 fully saturated rings. The molecule has 1 aliphatic heterocycles. The molecule has 0 saturated carbocycles. The van der Waals surface area contributed by atoms with Crippen LogP contribution in [0.25, 0.3) is 0 Å². The Bertz CT molecular complexity index is 300. The molecule has 2 rings (SSSR count). The molecular weight excluding hydrogens is 260 g/mol. The fourth-order valence-corrected chi connectivity index (χ4v) is 2.94. The lowest BCUT2D eigenvalue weighted by Crippen LogP contribution is -2.39. The van der Waals surface area contributed by atoms with Gasteiger partial charge in [0.25, 0.3) is 0 Å². The summed E-state index contributed by atoms with van der Waals surface area (Å²) in [5, 5.41) is 3.35. The number of benzene rings is 1. The van der Waals surface area contributed by atoms with E-state index in [0.29, 0.717) is 0 Å². The van der Waals surface area contributed by atoms with Gasteiger partial charge in [0, 0.05) is 35.5 Å². The number of hydrogen-bond donors (Lipinski definition) is 1. The summed E-state index contributed by atoms with van der Waals surface area (Å²) in [7, 11) is 0. The molecule has 0 amide bonds. The predicted octanol–water partition coefficient (Wildman–Crippen LogP) is 2.36. The Balaban J connectivity index is 1.95. The van der Waals surface area contributed by atoms with Crippen molar-refractivity contribution in [2.75, 3.05) is 26.2 Å². The second-order valence-corrected chi connectivity index (χ2v) is 5.31. The van der Waals surface area contributed by atoms with Crippen LogP contribution in [0.4, 0.5) is 0 Å². The number of nitrogens with zero attached hydrogens (tertiary/aromatic N) is 1. The number of hydrogen-bond acceptors (Lipinski definition) is 3. The maximum absolute atomic E-state index is 3.48. The van der Waals surface area contributed by atoms with Crippen molar-refractivity contribution in [3.05, 3.63) is 28.7 Å². The van der Waals surface area contributed by atoms with E-state index in [2.05, 4.69) is 49.8 Å². The second kappa shape index (κ2) is 5.16. The monoisotopic (exact) mass is 272 g/mol. The van der Waals surface area contributed by atoms with E-state index in [-0.39, 0.29) is 0 Å². The van der Waals surface area contributed by atoms with Crippen molar-refractivity contribution in [2.45, 2.75) is 4.90 Å². The van der Waals surface area contributed by atoms with Crippen LogP contribution >= 0.6 is 27.9 Å². The van der Waals surface area contributed by atoms with Crippen molar-refractivity contribution in [3.8, 4) is 0 Å². The Morgan fingerprint density at radius 1 is 1.29 bits per heavy atom. The summed E-state index contributed by atoms with van der Waals surface area (Å²) in [6, 6.07) is 8.45. The molecule has 1 aromatic carbocycles. The van der Waals surface area contributed by atoms with Gasteiger partial charge in [-0.05, 0) is 30.1 Å². The molecule has 0 bridgehead atoms. The first-order chi connectivity index (χ1) is 6.84. The van der Waals surface area contributed by atoms with Crippen molar-refractivity contribution in [1.29, 1.82) is 0 Å². The van der Waals surface area contributed by atoms with Crippen LogP contribution < -0.4 is 5.32 Å². The number of rotatable bonds is 2. The highest BCUT2D eigenvalue weighted by Crippen LogP contribution is 2.25. The SMILES string of the molecule is Brc1cccc(SN2CCNCC2)c1. The molecule has 0 radical (unpaired) electrons. The van der Waals surface area contributed by atoms with Crippen LogP contribution in [0.2, 0.25) is 0 Å². The highest BCUT2D eigenvalue weighted by molar-refractivity contribution is 9.10. The Hall–Kier alpha value is -0.0300. The molecule has 0 aliphatic carbocycles. The van der Waals surface area contributed by atoms with E-state index >= 15 is 0 Å². The minimum atomic E-state index is 1.10. The van der Waals surface area contributed by atoms with Crippen molar-refractivity contribution in [2.24, 2.45) is 0 Å². The molecule has 76 valence electrons. The third-order valence-electron chi connectivity index (χ3n) is 2.11. The standard InChI is InChI=1S/C10H13BrN2S/c11-9-2-1-3-10(8-9)14-13-6-4-12-5-7-13/h1-3,8,12H,4-7H2. The van der Waals surface area contributed by atoms with Crippen LogP contribution in [0.15, 0.2) is 33.6 Å². The number of nitrogens with one attached hydrogen (secondary N) is 1. The molecule has 14 heavy (non-hydrogen) atoms. The zero-order valence-corrected chi connectivity index (χ0v) is 10.3. The molecule has 0 aromatic heterocycles. The predicted molar refractivity (Wildman–Crippen MR) is 64.4 cm³/mol. The third kappa shape index (κ3) is 2.98. The minimum Gasteiger partial charge on any atom is -0.314 e. The average Bonchev–Trinajstić information content (AvgIpc) is 2.19. The van der Waals surface area contributed by atoms with Gasteiger partial charge in [-0.15, -0.1) is 0 Å². The zero-order chi connectivity index (χ0) is 9.80. The van der Waals surface area contributed by atoms with E-state index in [4.69, 9.17) is 0 Å². The van der Waals surface area contributed by atoms with Gasteiger partial charge in [-0.2, -0.15) is 0 Å². The molecule has 1 N–H and O–H groups in total. The third-order valence-corrected chi connectivity index (χ3v) is 3.69. The Kier molecular flexibility index (Phi) is 3.87. The lowest BCUT2D eigenvalue weighted by atomic mass is 10.4. The van der Waals surface area contributed by atoms with Gasteiger partial charge in [-0.3, -0.25) is 0 Å². The second-order valence-electron chi connectivity index (χ2n) is 3.23. The number of piperazine rings is 1. The maximum Gasteiger partial charge on any atom is 0.0241 e. The van der Waals surface area contributed by atoms with Gasteiger partial charge in [0.05, 0.1) is 0 Å². The summed E-state index contributed by atoms with van der Waals surface area (Å²) < 4.78 is 3.55. The average molecular weight is 273 g/mol. The van der Waals surface area contributed by atoms with Crippen molar-refractivity contribution in [1.82, 2.24) is 9.62 Å². The molecule has 1 aliphatic rings. The first-order valence-corrected chi connectivity index (χ1v) is 6.30. The Labute approximate surface area is 97.3 Å². The van der Waals surface area contributed by atoms with Gasteiger partial charge in [0.15, 0.2) is 0 Å². The van der Waals surface area contributed by atoms with Crippen molar-refractivity contribution < 1.29 is 0 Å². The molecule has 0 spiro atoms. The van der Waals surface area contributed by atoms with Crippen LogP contribution in [-0.4, -0.2) is 30.5 Å². The summed E-state index contributed by atoms with van der Waals surface area (Å²) in [5.41, 5.74) is 0. The van der Waals surface area contributed by atoms with E-state index in [1.807, 2.05) is 11.9 Å². The topological polar surface area (TPSA) is 15.3 Å². The van der Waals surface area contributed by atoms with Gasteiger partial charge < -0.3 is 5.32 Å². The van der Waals surface area contributed by atoms with E-state index in [0.717, 1.165) is 30.7 Å². The van der Waals surface area contributed by atoms with Crippen LogP contribution in [0.1, 0.15) is 0 Å². The first-order valence-electron chi connectivity index (χ1n) is 4.74. The van der Waals surface area contributed by atoms with Crippen LogP contribution in [0.3, 0.4) is 0 Å². The summed E-state index contributed by atoms with van der Waals surface area (Å²) >= 11 is 5.32. The molecule has 2 nitrogen and oxygen atoms in total. The van der Waals surface area contributed by atoms with E-state index in [1.165, 1.54) is 4.90 Å². The molecule has 1 heterocycles. The lowest BCUT2D eigenvalue weighted by Gasteiger charge is -2.25. The van der Waals surface area contributed by atoms with Gasteiger partial charge >= 0.3 is 0 Å². The van der Waals surface area contributed by atoms with Gasteiger partial charge in [0.2, 0.25) is 0 Å². The normalized spacial score (nSPS) is 18.4. The maximum atomic E-state index is 3.48. The summed E-state index contributed by atoms with van der Waals surface area (Å²) in [4.78, 5) is 1.31. The lowest BCUT2D eigenvalue weighted by molar-refractivity contribution is 0.396. The van der Waals surface area contributed by atoms with Crippen LogP contribution in [0.5, 0.6) is 0 Å². The van der Waals surface area contributed by atoms with E-state index in [1.54, 1.807) is 0 Å². The Morgan fingerprint density at radius 3 is 2.79 bits per heavy atom. The fraction of sp³-hybridized carbons (Fsp3) is 0.400. The zero-order valence-electron chi connectivity index (χ0n) is 7.87. The molecule has 1 saturated heterocycles. The molecule has 0 atom stereocenters.